The topological polar surface area (TPSA) is 58.4 Å². The van der Waals surface area contributed by atoms with Crippen molar-refractivity contribution in [3.8, 4) is 0 Å². The lowest BCUT2D eigenvalue weighted by molar-refractivity contribution is 0.322. The second-order valence-electron chi connectivity index (χ2n) is 1.42. The van der Waals surface area contributed by atoms with Crippen LogP contribution in [0.3, 0.4) is 0 Å². The summed E-state index contributed by atoms with van der Waals surface area (Å²) >= 11 is 0. The Morgan fingerprint density at radius 2 is 2.11 bits per heavy atom. The molecule has 0 unspecified atom stereocenters. The van der Waals surface area contributed by atoms with Gasteiger partial charge in [-0.25, -0.2) is 9.97 Å². The first-order chi connectivity index (χ1) is 4.43. The van der Waals surface area contributed by atoms with E-state index in [2.05, 4.69) is 15.1 Å². The summed E-state index contributed by atoms with van der Waals surface area (Å²) in [5.41, 5.74) is 0.681. The van der Waals surface area contributed by atoms with E-state index in [9.17, 15) is 0 Å². The third-order valence-corrected chi connectivity index (χ3v) is 0.787. The Hall–Kier alpha value is -1.45. The minimum Gasteiger partial charge on any atom is -0.411 e. The Balaban J connectivity index is 2.85. The van der Waals surface area contributed by atoms with Crippen LogP contribution in [0.1, 0.15) is 5.56 Å². The lowest BCUT2D eigenvalue weighted by atomic mass is 10.4. The molecule has 4 heteroatoms. The molecule has 0 aromatic carbocycles. The number of hydrogen-bond acceptors (Lipinski definition) is 4. The average Bonchev–Trinajstić information content (AvgIpc) is 1.91. The van der Waals surface area contributed by atoms with Crippen molar-refractivity contribution in [2.45, 2.75) is 0 Å². The van der Waals surface area contributed by atoms with Crippen molar-refractivity contribution in [2.75, 3.05) is 0 Å². The Bertz CT molecular complexity index is 197. The zero-order valence-corrected chi connectivity index (χ0v) is 4.60. The van der Waals surface area contributed by atoms with Crippen molar-refractivity contribution in [3.05, 3.63) is 24.3 Å². The van der Waals surface area contributed by atoms with E-state index in [-0.39, 0.29) is 0 Å². The first-order valence-corrected chi connectivity index (χ1v) is 2.36. The van der Waals surface area contributed by atoms with Crippen molar-refractivity contribution < 1.29 is 5.21 Å². The maximum absolute atomic E-state index is 8.03. The number of nitrogens with zero attached hydrogens (tertiary/aromatic N) is 3. The SMILES string of the molecule is ON=Cc1cncnc1. The van der Waals surface area contributed by atoms with Gasteiger partial charge >= 0.3 is 0 Å². The highest BCUT2D eigenvalue weighted by Crippen LogP contribution is 1.84. The summed E-state index contributed by atoms with van der Waals surface area (Å²) in [6, 6.07) is 0. The summed E-state index contributed by atoms with van der Waals surface area (Å²) in [4.78, 5) is 7.38. The zero-order valence-electron chi connectivity index (χ0n) is 4.60. The highest BCUT2D eigenvalue weighted by molar-refractivity contribution is 5.77. The molecule has 0 radical (unpaired) electrons. The lowest BCUT2D eigenvalue weighted by Gasteiger charge is -1.83. The zero-order chi connectivity index (χ0) is 6.53. The predicted octanol–water partition coefficient (Wildman–Crippen LogP) is 0.285. The van der Waals surface area contributed by atoms with Crippen LogP contribution in [-0.4, -0.2) is 21.4 Å². The molecule has 1 N–H and O–H groups in total. The van der Waals surface area contributed by atoms with E-state index >= 15 is 0 Å². The summed E-state index contributed by atoms with van der Waals surface area (Å²) < 4.78 is 0. The van der Waals surface area contributed by atoms with E-state index in [1.807, 2.05) is 0 Å². The van der Waals surface area contributed by atoms with Crippen molar-refractivity contribution >= 4 is 6.21 Å². The van der Waals surface area contributed by atoms with Gasteiger partial charge in [-0.15, -0.1) is 0 Å². The van der Waals surface area contributed by atoms with Crippen LogP contribution in [0.2, 0.25) is 0 Å². The fourth-order valence-corrected chi connectivity index (χ4v) is 0.444. The van der Waals surface area contributed by atoms with Gasteiger partial charge in [0.25, 0.3) is 0 Å². The molecule has 1 aromatic heterocycles. The minimum absolute atomic E-state index is 0.681. The molecule has 0 saturated carbocycles. The molecule has 1 aromatic rings. The molecule has 4 nitrogen and oxygen atoms in total. The molecular weight excluding hydrogens is 118 g/mol. The molecule has 0 aliphatic rings. The van der Waals surface area contributed by atoms with Crippen LogP contribution in [-0.2, 0) is 0 Å². The van der Waals surface area contributed by atoms with Crippen LogP contribution in [0.5, 0.6) is 0 Å². The Labute approximate surface area is 51.9 Å². The Morgan fingerprint density at radius 3 is 2.67 bits per heavy atom. The van der Waals surface area contributed by atoms with Crippen LogP contribution in [0.25, 0.3) is 0 Å². The molecule has 0 amide bonds. The minimum atomic E-state index is 0.681. The highest BCUT2D eigenvalue weighted by atomic mass is 16.4. The lowest BCUT2D eigenvalue weighted by Crippen LogP contribution is -1.83. The molecule has 0 spiro atoms. The van der Waals surface area contributed by atoms with Crippen molar-refractivity contribution in [3.63, 3.8) is 0 Å². The Kier molecular flexibility index (Phi) is 1.74. The van der Waals surface area contributed by atoms with Gasteiger partial charge in [0.05, 0.1) is 6.21 Å². The largest absolute Gasteiger partial charge is 0.411 e. The molecule has 46 valence electrons. The summed E-state index contributed by atoms with van der Waals surface area (Å²) in [6.07, 6.45) is 5.77. The second-order valence-corrected chi connectivity index (χ2v) is 1.42. The number of oxime groups is 1. The molecule has 9 heavy (non-hydrogen) atoms. The smallest absolute Gasteiger partial charge is 0.115 e. The van der Waals surface area contributed by atoms with Gasteiger partial charge in [-0.3, -0.25) is 0 Å². The first-order valence-electron chi connectivity index (χ1n) is 2.36. The molecule has 0 aliphatic heterocycles. The maximum atomic E-state index is 8.03. The first kappa shape index (κ1) is 5.68. The van der Waals surface area contributed by atoms with Crippen LogP contribution in [0.15, 0.2) is 23.9 Å². The number of rotatable bonds is 1. The highest BCUT2D eigenvalue weighted by Gasteiger charge is 1.82. The molecule has 0 fully saturated rings. The van der Waals surface area contributed by atoms with Crippen LogP contribution < -0.4 is 0 Å². The van der Waals surface area contributed by atoms with Crippen molar-refractivity contribution in [1.29, 1.82) is 0 Å². The summed E-state index contributed by atoms with van der Waals surface area (Å²) in [5, 5.41) is 10.8. The van der Waals surface area contributed by atoms with Crippen molar-refractivity contribution in [1.82, 2.24) is 9.97 Å². The van der Waals surface area contributed by atoms with E-state index in [1.54, 1.807) is 12.4 Å². The fraction of sp³-hybridized carbons (Fsp3) is 0. The van der Waals surface area contributed by atoms with E-state index in [4.69, 9.17) is 5.21 Å². The molecule has 0 saturated heterocycles. The molecule has 1 rings (SSSR count). The molecule has 0 atom stereocenters. The third-order valence-electron chi connectivity index (χ3n) is 0.787. The average molecular weight is 123 g/mol. The van der Waals surface area contributed by atoms with E-state index in [0.29, 0.717) is 5.56 Å². The van der Waals surface area contributed by atoms with Crippen LogP contribution >= 0.6 is 0 Å². The van der Waals surface area contributed by atoms with Gasteiger partial charge < -0.3 is 5.21 Å². The van der Waals surface area contributed by atoms with Gasteiger partial charge in [-0.1, -0.05) is 5.16 Å². The van der Waals surface area contributed by atoms with Crippen LogP contribution in [0.4, 0.5) is 0 Å². The van der Waals surface area contributed by atoms with Gasteiger partial charge in [-0.05, 0) is 0 Å². The third kappa shape index (κ3) is 1.49. The molecular formula is C5H5N3O. The summed E-state index contributed by atoms with van der Waals surface area (Å²) in [6.45, 7) is 0. The monoisotopic (exact) mass is 123 g/mol. The van der Waals surface area contributed by atoms with Gasteiger partial charge in [0.1, 0.15) is 6.33 Å². The van der Waals surface area contributed by atoms with Gasteiger partial charge in [-0.2, -0.15) is 0 Å². The van der Waals surface area contributed by atoms with Gasteiger partial charge in [0, 0.05) is 18.0 Å². The standard InChI is InChI=1S/C5H5N3O/c9-8-3-5-1-6-4-7-2-5/h1-4,9H. The van der Waals surface area contributed by atoms with Crippen molar-refractivity contribution in [2.24, 2.45) is 5.16 Å². The van der Waals surface area contributed by atoms with Gasteiger partial charge in [0.15, 0.2) is 0 Å². The fourth-order valence-electron chi connectivity index (χ4n) is 0.444. The Morgan fingerprint density at radius 1 is 1.44 bits per heavy atom. The maximum Gasteiger partial charge on any atom is 0.115 e. The molecule has 1 heterocycles. The second kappa shape index (κ2) is 2.76. The quantitative estimate of drug-likeness (QED) is 0.331. The predicted molar refractivity (Wildman–Crippen MR) is 31.4 cm³/mol. The van der Waals surface area contributed by atoms with Crippen LogP contribution in [0, 0.1) is 0 Å². The summed E-state index contributed by atoms with van der Waals surface area (Å²) in [5.74, 6) is 0. The number of aromatic nitrogens is 2. The summed E-state index contributed by atoms with van der Waals surface area (Å²) in [7, 11) is 0. The molecule has 0 bridgehead atoms. The number of hydrogen-bond donors (Lipinski definition) is 1. The molecule has 0 aliphatic carbocycles. The van der Waals surface area contributed by atoms with E-state index < -0.39 is 0 Å². The van der Waals surface area contributed by atoms with E-state index in [1.165, 1.54) is 12.5 Å². The van der Waals surface area contributed by atoms with E-state index in [0.717, 1.165) is 0 Å². The normalized spacial score (nSPS) is 10.2. The van der Waals surface area contributed by atoms with Gasteiger partial charge in [0.2, 0.25) is 0 Å².